The van der Waals surface area contributed by atoms with E-state index < -0.39 is 0 Å². The van der Waals surface area contributed by atoms with Gasteiger partial charge in [-0.2, -0.15) is 0 Å². The summed E-state index contributed by atoms with van der Waals surface area (Å²) < 4.78 is 2.34. The lowest BCUT2D eigenvalue weighted by Crippen LogP contribution is -2.16. The first-order valence-electron chi connectivity index (χ1n) is 7.89. The summed E-state index contributed by atoms with van der Waals surface area (Å²) in [4.78, 5) is 9.43. The Balaban J connectivity index is 1.80. The largest absolute Gasteiger partial charge is 0.315 e. The Labute approximate surface area is 130 Å². The van der Waals surface area contributed by atoms with Crippen molar-refractivity contribution in [3.05, 3.63) is 59.5 Å². The molecule has 1 unspecified atom stereocenters. The zero-order valence-corrected chi connectivity index (χ0v) is 12.8. The fourth-order valence-corrected chi connectivity index (χ4v) is 3.35. The van der Waals surface area contributed by atoms with Gasteiger partial charge in [-0.3, -0.25) is 0 Å². The number of imidazole rings is 1. The minimum absolute atomic E-state index is 0.458. The molecule has 0 spiro atoms. The molecule has 4 heteroatoms. The second kappa shape index (κ2) is 5.54. The number of benzene rings is 1. The molecule has 0 amide bonds. The maximum atomic E-state index is 4.85. The molecule has 0 aliphatic carbocycles. The van der Waals surface area contributed by atoms with Crippen molar-refractivity contribution in [3.8, 4) is 0 Å². The first kappa shape index (κ1) is 13.5. The van der Waals surface area contributed by atoms with Gasteiger partial charge in [0.1, 0.15) is 11.3 Å². The summed E-state index contributed by atoms with van der Waals surface area (Å²) in [5, 5.41) is 3.45. The fourth-order valence-electron chi connectivity index (χ4n) is 3.35. The zero-order valence-electron chi connectivity index (χ0n) is 12.8. The molecule has 0 radical (unpaired) electrons. The lowest BCUT2D eigenvalue weighted by Gasteiger charge is -2.15. The van der Waals surface area contributed by atoms with Crippen molar-refractivity contribution in [2.45, 2.75) is 25.8 Å². The normalized spacial score (nSPS) is 18.1. The Bertz CT molecular complexity index is 800. The molecule has 0 saturated carbocycles. The van der Waals surface area contributed by atoms with Crippen LogP contribution >= 0.6 is 0 Å². The van der Waals surface area contributed by atoms with Gasteiger partial charge in [0.25, 0.3) is 0 Å². The summed E-state index contributed by atoms with van der Waals surface area (Å²) in [5.74, 6) is 1.12. The minimum atomic E-state index is 0.458. The Morgan fingerprint density at radius 2 is 2.23 bits per heavy atom. The van der Waals surface area contributed by atoms with Crippen LogP contribution in [0.1, 0.15) is 29.4 Å². The zero-order chi connectivity index (χ0) is 14.9. The van der Waals surface area contributed by atoms with Gasteiger partial charge in [-0.1, -0.05) is 29.8 Å². The smallest absolute Gasteiger partial charge is 0.160 e. The molecule has 2 aromatic heterocycles. The SMILES string of the molecule is Cc1cccc(Cc2nc3cccnc3n2C2CCNC2)c1. The van der Waals surface area contributed by atoms with Gasteiger partial charge in [0.2, 0.25) is 0 Å². The maximum Gasteiger partial charge on any atom is 0.160 e. The van der Waals surface area contributed by atoms with Crippen LogP contribution in [0.4, 0.5) is 0 Å². The van der Waals surface area contributed by atoms with Gasteiger partial charge in [0, 0.05) is 19.2 Å². The van der Waals surface area contributed by atoms with Crippen LogP contribution < -0.4 is 5.32 Å². The lowest BCUT2D eigenvalue weighted by atomic mass is 10.1. The molecule has 1 saturated heterocycles. The molecule has 0 bridgehead atoms. The first-order chi connectivity index (χ1) is 10.8. The van der Waals surface area contributed by atoms with Crippen molar-refractivity contribution in [1.82, 2.24) is 19.9 Å². The summed E-state index contributed by atoms with van der Waals surface area (Å²) in [5.41, 5.74) is 4.61. The van der Waals surface area contributed by atoms with Crippen molar-refractivity contribution >= 4 is 11.2 Å². The van der Waals surface area contributed by atoms with E-state index in [0.29, 0.717) is 6.04 Å². The Morgan fingerprint density at radius 3 is 3.05 bits per heavy atom. The van der Waals surface area contributed by atoms with E-state index in [1.54, 1.807) is 0 Å². The van der Waals surface area contributed by atoms with Crippen LogP contribution in [0, 0.1) is 6.92 Å². The highest BCUT2D eigenvalue weighted by Gasteiger charge is 2.22. The second-order valence-corrected chi connectivity index (χ2v) is 6.06. The summed E-state index contributed by atoms with van der Waals surface area (Å²) in [6.07, 6.45) is 3.86. The fraction of sp³-hybridized carbons (Fsp3) is 0.333. The lowest BCUT2D eigenvalue weighted by molar-refractivity contribution is 0.538. The van der Waals surface area contributed by atoms with Crippen LogP contribution in [0.15, 0.2) is 42.6 Å². The van der Waals surface area contributed by atoms with Crippen LogP contribution in [0.5, 0.6) is 0 Å². The van der Waals surface area contributed by atoms with Crippen molar-refractivity contribution in [2.24, 2.45) is 0 Å². The van der Waals surface area contributed by atoms with Crippen LogP contribution in [-0.4, -0.2) is 27.6 Å². The highest BCUT2D eigenvalue weighted by atomic mass is 15.2. The van der Waals surface area contributed by atoms with E-state index in [4.69, 9.17) is 4.98 Å². The van der Waals surface area contributed by atoms with Crippen LogP contribution in [0.2, 0.25) is 0 Å². The molecule has 1 N–H and O–H groups in total. The predicted molar refractivity (Wildman–Crippen MR) is 88.0 cm³/mol. The van der Waals surface area contributed by atoms with Gasteiger partial charge in [-0.25, -0.2) is 9.97 Å². The molecule has 22 heavy (non-hydrogen) atoms. The molecule has 1 aliphatic rings. The highest BCUT2D eigenvalue weighted by molar-refractivity contribution is 5.71. The number of nitrogens with one attached hydrogen (secondary N) is 1. The number of fused-ring (bicyclic) bond motifs is 1. The molecule has 1 aromatic carbocycles. The summed E-state index contributed by atoms with van der Waals surface area (Å²) in [6, 6.07) is 13.1. The van der Waals surface area contributed by atoms with Gasteiger partial charge in [0.15, 0.2) is 5.65 Å². The van der Waals surface area contributed by atoms with Crippen molar-refractivity contribution in [2.75, 3.05) is 13.1 Å². The quantitative estimate of drug-likeness (QED) is 0.807. The van der Waals surface area contributed by atoms with E-state index in [2.05, 4.69) is 52.1 Å². The Kier molecular flexibility index (Phi) is 3.39. The van der Waals surface area contributed by atoms with Crippen LogP contribution in [0.3, 0.4) is 0 Å². The average molecular weight is 292 g/mol. The van der Waals surface area contributed by atoms with E-state index in [0.717, 1.165) is 42.9 Å². The predicted octanol–water partition coefficient (Wildman–Crippen LogP) is 2.86. The van der Waals surface area contributed by atoms with Gasteiger partial charge in [-0.05, 0) is 37.6 Å². The molecule has 1 aliphatic heterocycles. The molecule has 4 nitrogen and oxygen atoms in total. The number of hydrogen-bond donors (Lipinski definition) is 1. The molecule has 3 aromatic rings. The Morgan fingerprint density at radius 1 is 1.27 bits per heavy atom. The van der Waals surface area contributed by atoms with Crippen molar-refractivity contribution in [1.29, 1.82) is 0 Å². The van der Waals surface area contributed by atoms with E-state index in [1.807, 2.05) is 12.3 Å². The number of pyridine rings is 1. The molecule has 3 heterocycles. The van der Waals surface area contributed by atoms with E-state index in [9.17, 15) is 0 Å². The van der Waals surface area contributed by atoms with Crippen LogP contribution in [-0.2, 0) is 6.42 Å². The third-order valence-corrected chi connectivity index (χ3v) is 4.37. The summed E-state index contributed by atoms with van der Waals surface area (Å²) in [6.45, 7) is 4.21. The van der Waals surface area contributed by atoms with Gasteiger partial charge in [0.05, 0.1) is 6.04 Å². The minimum Gasteiger partial charge on any atom is -0.315 e. The first-order valence-corrected chi connectivity index (χ1v) is 7.89. The van der Waals surface area contributed by atoms with Crippen molar-refractivity contribution < 1.29 is 0 Å². The highest BCUT2D eigenvalue weighted by Crippen LogP contribution is 2.25. The molecule has 1 fully saturated rings. The van der Waals surface area contributed by atoms with Gasteiger partial charge < -0.3 is 9.88 Å². The number of hydrogen-bond acceptors (Lipinski definition) is 3. The molecular weight excluding hydrogens is 272 g/mol. The van der Waals surface area contributed by atoms with Gasteiger partial charge >= 0.3 is 0 Å². The second-order valence-electron chi connectivity index (χ2n) is 6.06. The van der Waals surface area contributed by atoms with Crippen molar-refractivity contribution in [3.63, 3.8) is 0 Å². The van der Waals surface area contributed by atoms with E-state index >= 15 is 0 Å². The molecular formula is C18H20N4. The van der Waals surface area contributed by atoms with Gasteiger partial charge in [-0.15, -0.1) is 0 Å². The standard InChI is InChI=1S/C18H20N4/c1-13-4-2-5-14(10-13)11-17-21-16-6-3-8-20-18(16)22(17)15-7-9-19-12-15/h2-6,8,10,15,19H,7,9,11-12H2,1H3. The third kappa shape index (κ3) is 2.40. The van der Waals surface area contributed by atoms with E-state index in [-0.39, 0.29) is 0 Å². The Hall–Kier alpha value is -2.20. The molecule has 1 atom stereocenters. The maximum absolute atomic E-state index is 4.85. The summed E-state index contributed by atoms with van der Waals surface area (Å²) in [7, 11) is 0. The number of nitrogens with zero attached hydrogens (tertiary/aromatic N) is 3. The topological polar surface area (TPSA) is 42.7 Å². The summed E-state index contributed by atoms with van der Waals surface area (Å²) >= 11 is 0. The third-order valence-electron chi connectivity index (χ3n) is 4.37. The number of aromatic nitrogens is 3. The number of aryl methyl sites for hydroxylation is 1. The monoisotopic (exact) mass is 292 g/mol. The average Bonchev–Trinajstić information content (AvgIpc) is 3.13. The van der Waals surface area contributed by atoms with E-state index in [1.165, 1.54) is 11.1 Å². The molecule has 4 rings (SSSR count). The van der Waals surface area contributed by atoms with Crippen LogP contribution in [0.25, 0.3) is 11.2 Å². The molecule has 112 valence electrons. The number of rotatable bonds is 3.